The molecular weight excluding hydrogens is 320 g/mol. The van der Waals surface area contributed by atoms with Gasteiger partial charge in [-0.05, 0) is 36.8 Å². The number of aromatic nitrogens is 2. The van der Waals surface area contributed by atoms with Crippen LogP contribution in [0.4, 0.5) is 17.5 Å². The summed E-state index contributed by atoms with van der Waals surface area (Å²) >= 11 is 5.92. The molecule has 0 radical (unpaired) electrons. The van der Waals surface area contributed by atoms with Crippen LogP contribution in [-0.4, -0.2) is 17.0 Å². The van der Waals surface area contributed by atoms with E-state index in [2.05, 4.69) is 27.4 Å². The van der Waals surface area contributed by atoms with Gasteiger partial charge in [0.2, 0.25) is 5.95 Å². The van der Waals surface area contributed by atoms with Crippen molar-refractivity contribution in [1.29, 1.82) is 0 Å². The number of nitrogens with one attached hydrogen (secondary N) is 1. The number of halogens is 1. The van der Waals surface area contributed by atoms with Gasteiger partial charge in [-0.1, -0.05) is 41.9 Å². The van der Waals surface area contributed by atoms with Crippen LogP contribution in [0.15, 0.2) is 60.7 Å². The van der Waals surface area contributed by atoms with E-state index in [0.717, 1.165) is 23.7 Å². The molecule has 0 spiro atoms. The quantitative estimate of drug-likeness (QED) is 0.724. The van der Waals surface area contributed by atoms with Crippen molar-refractivity contribution in [2.45, 2.75) is 13.5 Å². The number of hydrogen-bond donors (Lipinski definition) is 1. The summed E-state index contributed by atoms with van der Waals surface area (Å²) in [5.41, 5.74) is 3.07. The smallest absolute Gasteiger partial charge is 0.227 e. The highest BCUT2D eigenvalue weighted by Gasteiger charge is 2.08. The zero-order valence-electron chi connectivity index (χ0n) is 13.7. The summed E-state index contributed by atoms with van der Waals surface area (Å²) in [7, 11) is 1.99. The molecular formula is C19H19ClN4. The predicted octanol–water partition coefficient (Wildman–Crippen LogP) is 4.82. The molecule has 0 saturated carbocycles. The van der Waals surface area contributed by atoms with E-state index in [4.69, 9.17) is 11.6 Å². The molecule has 1 heterocycles. The van der Waals surface area contributed by atoms with Gasteiger partial charge in [0.15, 0.2) is 0 Å². The van der Waals surface area contributed by atoms with E-state index in [1.165, 1.54) is 5.56 Å². The molecule has 24 heavy (non-hydrogen) atoms. The van der Waals surface area contributed by atoms with Gasteiger partial charge in [0, 0.05) is 36.1 Å². The third-order valence-corrected chi connectivity index (χ3v) is 3.82. The largest absolute Gasteiger partial charge is 0.340 e. The molecule has 122 valence electrons. The maximum atomic E-state index is 5.92. The molecule has 0 aliphatic rings. The van der Waals surface area contributed by atoms with Crippen molar-refractivity contribution in [1.82, 2.24) is 9.97 Å². The molecule has 5 heteroatoms. The van der Waals surface area contributed by atoms with Crippen LogP contribution in [0.1, 0.15) is 11.3 Å². The van der Waals surface area contributed by atoms with E-state index >= 15 is 0 Å². The van der Waals surface area contributed by atoms with Crippen molar-refractivity contribution in [3.8, 4) is 0 Å². The van der Waals surface area contributed by atoms with E-state index < -0.39 is 0 Å². The van der Waals surface area contributed by atoms with E-state index in [-0.39, 0.29) is 0 Å². The zero-order valence-corrected chi connectivity index (χ0v) is 14.5. The van der Waals surface area contributed by atoms with E-state index in [0.29, 0.717) is 11.0 Å². The average Bonchev–Trinajstić information content (AvgIpc) is 2.57. The molecule has 0 fully saturated rings. The van der Waals surface area contributed by atoms with Crippen LogP contribution in [-0.2, 0) is 6.54 Å². The lowest BCUT2D eigenvalue weighted by Crippen LogP contribution is -2.19. The minimum absolute atomic E-state index is 0.690. The summed E-state index contributed by atoms with van der Waals surface area (Å²) in [6, 6.07) is 19.7. The summed E-state index contributed by atoms with van der Waals surface area (Å²) < 4.78 is 0. The molecule has 3 aromatic rings. The lowest BCUT2D eigenvalue weighted by atomic mass is 10.2. The Morgan fingerprint density at radius 3 is 2.42 bits per heavy atom. The Hall–Kier alpha value is -2.59. The Morgan fingerprint density at radius 1 is 1.00 bits per heavy atom. The summed E-state index contributed by atoms with van der Waals surface area (Å²) in [4.78, 5) is 11.2. The molecule has 0 aliphatic heterocycles. The fraction of sp³-hybridized carbons (Fsp3) is 0.158. The number of anilines is 3. The summed E-state index contributed by atoms with van der Waals surface area (Å²) in [5, 5.41) is 4.01. The van der Waals surface area contributed by atoms with E-state index in [9.17, 15) is 0 Å². The van der Waals surface area contributed by atoms with Crippen molar-refractivity contribution < 1.29 is 0 Å². The molecule has 3 rings (SSSR count). The topological polar surface area (TPSA) is 41.1 Å². The molecule has 0 saturated heterocycles. The van der Waals surface area contributed by atoms with Crippen LogP contribution in [0, 0.1) is 6.92 Å². The predicted molar refractivity (Wildman–Crippen MR) is 100 cm³/mol. The normalized spacial score (nSPS) is 10.5. The number of hydrogen-bond acceptors (Lipinski definition) is 4. The minimum Gasteiger partial charge on any atom is -0.340 e. The molecule has 1 N–H and O–H groups in total. The average molecular weight is 339 g/mol. The molecule has 0 amide bonds. The van der Waals surface area contributed by atoms with Crippen molar-refractivity contribution >= 4 is 29.1 Å². The Morgan fingerprint density at radius 2 is 1.71 bits per heavy atom. The lowest BCUT2D eigenvalue weighted by Gasteiger charge is -2.18. The zero-order chi connectivity index (χ0) is 16.9. The summed E-state index contributed by atoms with van der Waals surface area (Å²) in [5.74, 6) is 1.45. The van der Waals surface area contributed by atoms with E-state index in [1.807, 2.05) is 67.4 Å². The highest BCUT2D eigenvalue weighted by Crippen LogP contribution is 2.20. The van der Waals surface area contributed by atoms with Gasteiger partial charge < -0.3 is 10.2 Å². The van der Waals surface area contributed by atoms with Crippen LogP contribution >= 0.6 is 11.6 Å². The molecule has 4 nitrogen and oxygen atoms in total. The summed E-state index contributed by atoms with van der Waals surface area (Å²) in [6.07, 6.45) is 0. The standard InChI is InChI=1S/C19H19ClN4/c1-14-12-18(22-17-10-8-16(20)9-11-17)23-19(21-14)24(2)13-15-6-4-3-5-7-15/h3-12H,13H2,1-2H3,(H,21,22,23). The molecule has 0 bridgehead atoms. The molecule has 0 aliphatic carbocycles. The number of nitrogens with zero attached hydrogens (tertiary/aromatic N) is 3. The Bertz CT molecular complexity index is 803. The summed E-state index contributed by atoms with van der Waals surface area (Å²) in [6.45, 7) is 2.72. The SMILES string of the molecule is Cc1cc(Nc2ccc(Cl)cc2)nc(N(C)Cc2ccccc2)n1. The molecule has 2 aromatic carbocycles. The van der Waals surface area contributed by atoms with Gasteiger partial charge in [-0.3, -0.25) is 0 Å². The van der Waals surface area contributed by atoms with Gasteiger partial charge in [-0.15, -0.1) is 0 Å². The van der Waals surface area contributed by atoms with E-state index in [1.54, 1.807) is 0 Å². The maximum absolute atomic E-state index is 5.92. The van der Waals surface area contributed by atoms with Crippen molar-refractivity contribution in [3.05, 3.63) is 76.9 Å². The van der Waals surface area contributed by atoms with Gasteiger partial charge in [-0.25, -0.2) is 4.98 Å². The second kappa shape index (κ2) is 7.32. The first-order valence-corrected chi connectivity index (χ1v) is 8.11. The first-order valence-electron chi connectivity index (χ1n) is 7.73. The molecule has 0 unspecified atom stereocenters. The highest BCUT2D eigenvalue weighted by atomic mass is 35.5. The highest BCUT2D eigenvalue weighted by molar-refractivity contribution is 6.30. The van der Waals surface area contributed by atoms with Gasteiger partial charge in [0.25, 0.3) is 0 Å². The van der Waals surface area contributed by atoms with Gasteiger partial charge in [0.05, 0.1) is 0 Å². The van der Waals surface area contributed by atoms with Crippen LogP contribution < -0.4 is 10.2 Å². The first kappa shape index (κ1) is 16.3. The first-order chi connectivity index (χ1) is 11.6. The van der Waals surface area contributed by atoms with Crippen molar-refractivity contribution in [3.63, 3.8) is 0 Å². The third-order valence-electron chi connectivity index (χ3n) is 3.56. The Balaban J connectivity index is 1.79. The fourth-order valence-electron chi connectivity index (χ4n) is 2.40. The Labute approximate surface area is 147 Å². The maximum Gasteiger partial charge on any atom is 0.227 e. The lowest BCUT2D eigenvalue weighted by molar-refractivity contribution is 0.861. The molecule has 1 aromatic heterocycles. The van der Waals surface area contributed by atoms with Crippen LogP contribution in [0.5, 0.6) is 0 Å². The van der Waals surface area contributed by atoms with Gasteiger partial charge >= 0.3 is 0 Å². The number of aryl methyl sites for hydroxylation is 1. The minimum atomic E-state index is 0.690. The van der Waals surface area contributed by atoms with Crippen molar-refractivity contribution in [2.24, 2.45) is 0 Å². The second-order valence-corrected chi connectivity index (χ2v) is 6.10. The fourth-order valence-corrected chi connectivity index (χ4v) is 2.52. The second-order valence-electron chi connectivity index (χ2n) is 5.67. The number of rotatable bonds is 5. The van der Waals surface area contributed by atoms with Crippen LogP contribution in [0.25, 0.3) is 0 Å². The molecule has 0 atom stereocenters. The Kier molecular flexibility index (Phi) is 4.96. The monoisotopic (exact) mass is 338 g/mol. The van der Waals surface area contributed by atoms with Crippen LogP contribution in [0.2, 0.25) is 5.02 Å². The van der Waals surface area contributed by atoms with Crippen molar-refractivity contribution in [2.75, 3.05) is 17.3 Å². The van der Waals surface area contributed by atoms with Gasteiger partial charge in [-0.2, -0.15) is 4.98 Å². The van der Waals surface area contributed by atoms with Gasteiger partial charge in [0.1, 0.15) is 5.82 Å². The third kappa shape index (κ3) is 4.24. The number of benzene rings is 2. The van der Waals surface area contributed by atoms with Crippen LogP contribution in [0.3, 0.4) is 0 Å².